The summed E-state index contributed by atoms with van der Waals surface area (Å²) in [5.74, 6) is 0. The largest absolute Gasteiger partial charge is 0.407 e. The van der Waals surface area contributed by atoms with E-state index in [1.54, 1.807) is 30.0 Å². The number of hydrogen-bond acceptors (Lipinski definition) is 2. The van der Waals surface area contributed by atoms with E-state index in [0.29, 0.717) is 5.56 Å². The number of rotatable bonds is 4. The van der Waals surface area contributed by atoms with Gasteiger partial charge in [0.05, 0.1) is 0 Å². The Kier molecular flexibility index (Phi) is 4.79. The maximum Gasteiger partial charge on any atom is 0.407 e. The van der Waals surface area contributed by atoms with Crippen LogP contribution in [-0.4, -0.2) is 23.7 Å². The third kappa shape index (κ3) is 3.66. The van der Waals surface area contributed by atoms with E-state index in [4.69, 9.17) is 0 Å². The van der Waals surface area contributed by atoms with Crippen LogP contribution in [0.15, 0.2) is 30.3 Å². The maximum absolute atomic E-state index is 13.2. The van der Waals surface area contributed by atoms with Gasteiger partial charge in [-0.05, 0) is 24.7 Å². The molecule has 0 amide bonds. The third-order valence-electron chi connectivity index (χ3n) is 3.60. The van der Waals surface area contributed by atoms with E-state index >= 15 is 0 Å². The molecule has 0 heterocycles. The molecular formula is C14H18F3NS. The Labute approximate surface area is 116 Å². The van der Waals surface area contributed by atoms with Crippen LogP contribution in [0.25, 0.3) is 0 Å². The first-order valence-electron chi connectivity index (χ1n) is 6.43. The van der Waals surface area contributed by atoms with E-state index < -0.39 is 12.2 Å². The molecule has 0 aromatic heterocycles. The molecule has 0 radical (unpaired) electrons. The average molecular weight is 289 g/mol. The zero-order valence-corrected chi connectivity index (χ0v) is 11.6. The summed E-state index contributed by atoms with van der Waals surface area (Å²) in [7, 11) is 0. The van der Waals surface area contributed by atoms with Crippen molar-refractivity contribution in [3.8, 4) is 0 Å². The van der Waals surface area contributed by atoms with Crippen molar-refractivity contribution in [2.45, 2.75) is 42.8 Å². The fourth-order valence-corrected chi connectivity index (χ4v) is 3.58. The Balaban J connectivity index is 2.16. The second-order valence-corrected chi connectivity index (χ2v) is 5.94. The van der Waals surface area contributed by atoms with E-state index in [1.165, 1.54) is 12.1 Å². The molecule has 0 saturated heterocycles. The van der Waals surface area contributed by atoms with Crippen molar-refractivity contribution in [1.29, 1.82) is 0 Å². The predicted octanol–water partition coefficient (Wildman–Crippen LogP) is 4.16. The lowest BCUT2D eigenvalue weighted by atomic mass is 10.0. The lowest BCUT2D eigenvalue weighted by molar-refractivity contribution is -0.159. The highest BCUT2D eigenvalue weighted by Crippen LogP contribution is 2.36. The summed E-state index contributed by atoms with van der Waals surface area (Å²) in [6, 6.07) is 6.49. The van der Waals surface area contributed by atoms with Gasteiger partial charge in [0.2, 0.25) is 0 Å². The molecule has 1 nitrogen and oxygen atoms in total. The Morgan fingerprint density at radius 1 is 1.21 bits per heavy atom. The van der Waals surface area contributed by atoms with Crippen LogP contribution in [0.1, 0.15) is 30.9 Å². The SMILES string of the molecule is CSC1CCCC1NC(c1ccccc1)C(F)(F)F. The summed E-state index contributed by atoms with van der Waals surface area (Å²) < 4.78 is 39.7. The van der Waals surface area contributed by atoms with Crippen LogP contribution in [0.2, 0.25) is 0 Å². The molecule has 106 valence electrons. The Bertz CT molecular complexity index is 393. The number of thioether (sulfide) groups is 1. The molecule has 2 rings (SSSR count). The van der Waals surface area contributed by atoms with Gasteiger partial charge in [-0.2, -0.15) is 24.9 Å². The second kappa shape index (κ2) is 6.18. The van der Waals surface area contributed by atoms with Gasteiger partial charge in [0.1, 0.15) is 6.04 Å². The van der Waals surface area contributed by atoms with Crippen molar-refractivity contribution in [3.05, 3.63) is 35.9 Å². The lowest BCUT2D eigenvalue weighted by Gasteiger charge is -2.28. The van der Waals surface area contributed by atoms with Crippen molar-refractivity contribution in [1.82, 2.24) is 5.32 Å². The summed E-state index contributed by atoms with van der Waals surface area (Å²) in [5, 5.41) is 3.11. The highest BCUT2D eigenvalue weighted by atomic mass is 32.2. The molecule has 1 saturated carbocycles. The van der Waals surface area contributed by atoms with Gasteiger partial charge in [-0.25, -0.2) is 0 Å². The van der Waals surface area contributed by atoms with Gasteiger partial charge in [0.15, 0.2) is 0 Å². The van der Waals surface area contributed by atoms with Crippen molar-refractivity contribution in [2.24, 2.45) is 0 Å². The molecule has 1 aromatic rings. The standard InChI is InChI=1S/C14H18F3NS/c1-19-12-9-5-8-11(12)18-13(14(15,16)17)10-6-3-2-4-7-10/h2-4,6-7,11-13,18H,5,8-9H2,1H3. The first kappa shape index (κ1) is 14.7. The molecule has 3 unspecified atom stereocenters. The zero-order chi connectivity index (χ0) is 13.9. The molecule has 1 aliphatic rings. The zero-order valence-electron chi connectivity index (χ0n) is 10.8. The fraction of sp³-hybridized carbons (Fsp3) is 0.571. The number of halogens is 3. The van der Waals surface area contributed by atoms with Crippen LogP contribution in [0.5, 0.6) is 0 Å². The van der Waals surface area contributed by atoms with Gasteiger partial charge in [-0.3, -0.25) is 5.32 Å². The van der Waals surface area contributed by atoms with Gasteiger partial charge in [0, 0.05) is 11.3 Å². The minimum atomic E-state index is -4.26. The maximum atomic E-state index is 13.2. The lowest BCUT2D eigenvalue weighted by Crippen LogP contribution is -2.43. The molecule has 19 heavy (non-hydrogen) atoms. The van der Waals surface area contributed by atoms with E-state index in [9.17, 15) is 13.2 Å². The molecule has 1 aliphatic carbocycles. The van der Waals surface area contributed by atoms with Gasteiger partial charge < -0.3 is 0 Å². The molecule has 0 aliphatic heterocycles. The minimum Gasteiger partial charge on any atom is -0.299 e. The van der Waals surface area contributed by atoms with E-state index in [0.717, 1.165) is 19.3 Å². The summed E-state index contributed by atoms with van der Waals surface area (Å²) in [6.07, 6.45) is 0.536. The van der Waals surface area contributed by atoms with Crippen molar-refractivity contribution < 1.29 is 13.2 Å². The first-order chi connectivity index (χ1) is 9.02. The smallest absolute Gasteiger partial charge is 0.299 e. The normalized spacial score (nSPS) is 25.5. The third-order valence-corrected chi connectivity index (χ3v) is 4.77. The van der Waals surface area contributed by atoms with Crippen LogP contribution in [0.3, 0.4) is 0 Å². The second-order valence-electron chi connectivity index (χ2n) is 4.86. The molecule has 1 aromatic carbocycles. The summed E-state index contributed by atoms with van der Waals surface area (Å²) in [6.45, 7) is 0. The molecular weight excluding hydrogens is 271 g/mol. The molecule has 0 bridgehead atoms. The molecule has 1 N–H and O–H groups in total. The van der Waals surface area contributed by atoms with E-state index in [2.05, 4.69) is 5.32 Å². The highest BCUT2D eigenvalue weighted by molar-refractivity contribution is 7.99. The van der Waals surface area contributed by atoms with Gasteiger partial charge >= 0.3 is 6.18 Å². The minimum absolute atomic E-state index is 0.0539. The Hall–Kier alpha value is -0.680. The van der Waals surface area contributed by atoms with Gasteiger partial charge in [-0.15, -0.1) is 0 Å². The van der Waals surface area contributed by atoms with Crippen molar-refractivity contribution in [3.63, 3.8) is 0 Å². The topological polar surface area (TPSA) is 12.0 Å². The van der Waals surface area contributed by atoms with E-state index in [1.807, 2.05) is 6.26 Å². The van der Waals surface area contributed by atoms with Crippen LogP contribution < -0.4 is 5.32 Å². The monoisotopic (exact) mass is 289 g/mol. The molecule has 5 heteroatoms. The predicted molar refractivity (Wildman–Crippen MR) is 73.3 cm³/mol. The number of nitrogens with one attached hydrogen (secondary N) is 1. The first-order valence-corrected chi connectivity index (χ1v) is 7.71. The van der Waals surface area contributed by atoms with Crippen LogP contribution in [0, 0.1) is 0 Å². The molecule has 0 spiro atoms. The van der Waals surface area contributed by atoms with Gasteiger partial charge in [0.25, 0.3) is 0 Å². The van der Waals surface area contributed by atoms with Crippen LogP contribution in [0.4, 0.5) is 13.2 Å². The highest BCUT2D eigenvalue weighted by Gasteiger charge is 2.43. The Morgan fingerprint density at radius 2 is 1.89 bits per heavy atom. The van der Waals surface area contributed by atoms with Crippen LogP contribution in [-0.2, 0) is 0 Å². The van der Waals surface area contributed by atoms with E-state index in [-0.39, 0.29) is 11.3 Å². The molecule has 1 fully saturated rings. The fourth-order valence-electron chi connectivity index (χ4n) is 2.64. The van der Waals surface area contributed by atoms with Gasteiger partial charge in [-0.1, -0.05) is 36.8 Å². The number of alkyl halides is 3. The summed E-state index contributed by atoms with van der Waals surface area (Å²) in [4.78, 5) is 0. The van der Waals surface area contributed by atoms with Crippen molar-refractivity contribution in [2.75, 3.05) is 6.26 Å². The summed E-state index contributed by atoms with van der Waals surface area (Å²) in [5.41, 5.74) is 0.293. The quantitative estimate of drug-likeness (QED) is 0.893. The van der Waals surface area contributed by atoms with Crippen LogP contribution >= 0.6 is 11.8 Å². The number of benzene rings is 1. The number of hydrogen-bond donors (Lipinski definition) is 1. The Morgan fingerprint density at radius 3 is 2.47 bits per heavy atom. The summed E-state index contributed by atoms with van der Waals surface area (Å²) >= 11 is 1.66. The molecule has 3 atom stereocenters. The van der Waals surface area contributed by atoms with Crippen molar-refractivity contribution >= 4 is 11.8 Å². The average Bonchev–Trinajstić information content (AvgIpc) is 2.83.